The largest absolute Gasteiger partial charge is 0.322 e. The predicted octanol–water partition coefficient (Wildman–Crippen LogP) is 4.51. The van der Waals surface area contributed by atoms with E-state index in [0.717, 1.165) is 22.4 Å². The summed E-state index contributed by atoms with van der Waals surface area (Å²) in [5.74, 6) is -0.643. The van der Waals surface area contributed by atoms with Gasteiger partial charge in [-0.15, -0.1) is 0 Å². The summed E-state index contributed by atoms with van der Waals surface area (Å²) < 4.78 is 0. The van der Waals surface area contributed by atoms with Crippen LogP contribution in [0.2, 0.25) is 0 Å². The second-order valence-electron chi connectivity index (χ2n) is 6.45. The van der Waals surface area contributed by atoms with Gasteiger partial charge in [0, 0.05) is 23.1 Å². The molecule has 0 saturated carbocycles. The number of nitrogens with one attached hydrogen (secondary N) is 2. The zero-order chi connectivity index (χ0) is 19.4. The fourth-order valence-electron chi connectivity index (χ4n) is 2.61. The summed E-state index contributed by atoms with van der Waals surface area (Å²) in [4.78, 5) is 29.1. The quantitative estimate of drug-likeness (QED) is 0.720. The molecule has 2 N–H and O–H groups in total. The number of carbonyl (C=O) groups is 2. The maximum atomic E-state index is 12.6. The molecule has 0 unspecified atom stereocenters. The number of aromatic nitrogens is 1. The van der Waals surface area contributed by atoms with E-state index in [-0.39, 0.29) is 17.5 Å². The Bertz CT molecular complexity index is 995. The first kappa shape index (κ1) is 18.3. The molecule has 0 aliphatic heterocycles. The van der Waals surface area contributed by atoms with E-state index in [2.05, 4.69) is 15.6 Å². The van der Waals surface area contributed by atoms with Crippen molar-refractivity contribution in [3.63, 3.8) is 0 Å². The molecule has 2 aromatic carbocycles. The van der Waals surface area contributed by atoms with Crippen LogP contribution in [-0.4, -0.2) is 16.8 Å². The Kier molecular flexibility index (Phi) is 5.31. The van der Waals surface area contributed by atoms with Crippen molar-refractivity contribution in [1.82, 2.24) is 4.98 Å². The summed E-state index contributed by atoms with van der Waals surface area (Å²) in [5, 5.41) is 5.68. The molecule has 0 atom stereocenters. The topological polar surface area (TPSA) is 71.1 Å². The van der Waals surface area contributed by atoms with E-state index in [4.69, 9.17) is 0 Å². The van der Waals surface area contributed by atoms with Gasteiger partial charge in [0.1, 0.15) is 5.69 Å². The van der Waals surface area contributed by atoms with Gasteiger partial charge >= 0.3 is 0 Å². The lowest BCUT2D eigenvalue weighted by atomic mass is 10.1. The van der Waals surface area contributed by atoms with Crippen LogP contribution in [0.1, 0.15) is 37.5 Å². The van der Waals surface area contributed by atoms with Crippen LogP contribution in [0.25, 0.3) is 0 Å². The van der Waals surface area contributed by atoms with Crippen molar-refractivity contribution >= 4 is 23.2 Å². The second-order valence-corrected chi connectivity index (χ2v) is 6.45. The molecule has 136 valence electrons. The highest BCUT2D eigenvalue weighted by molar-refractivity contribution is 6.08. The van der Waals surface area contributed by atoms with E-state index >= 15 is 0 Å². The number of benzene rings is 2. The molecule has 2 amide bonds. The maximum absolute atomic E-state index is 12.6. The van der Waals surface area contributed by atoms with Gasteiger partial charge < -0.3 is 10.6 Å². The van der Waals surface area contributed by atoms with Gasteiger partial charge in [0.25, 0.3) is 11.8 Å². The number of hydrogen-bond donors (Lipinski definition) is 2. The van der Waals surface area contributed by atoms with Crippen molar-refractivity contribution in [3.8, 4) is 0 Å². The number of rotatable bonds is 4. The molecule has 5 nitrogen and oxygen atoms in total. The Labute approximate surface area is 158 Å². The number of hydrogen-bond acceptors (Lipinski definition) is 3. The molecule has 0 radical (unpaired) electrons. The molecule has 27 heavy (non-hydrogen) atoms. The van der Waals surface area contributed by atoms with E-state index in [1.807, 2.05) is 63.2 Å². The summed E-state index contributed by atoms with van der Waals surface area (Å²) in [6.07, 6.45) is 1.46. The van der Waals surface area contributed by atoms with Gasteiger partial charge in [0.2, 0.25) is 0 Å². The first-order valence-electron chi connectivity index (χ1n) is 8.65. The Morgan fingerprint density at radius 3 is 2.33 bits per heavy atom. The van der Waals surface area contributed by atoms with E-state index in [1.54, 1.807) is 6.07 Å². The van der Waals surface area contributed by atoms with Gasteiger partial charge in [-0.1, -0.05) is 29.8 Å². The molecule has 0 fully saturated rings. The molecule has 0 saturated heterocycles. The highest BCUT2D eigenvalue weighted by atomic mass is 16.2. The third-order valence-electron chi connectivity index (χ3n) is 4.42. The Morgan fingerprint density at radius 1 is 0.852 bits per heavy atom. The molecule has 5 heteroatoms. The van der Waals surface area contributed by atoms with Crippen LogP contribution >= 0.6 is 0 Å². The normalized spacial score (nSPS) is 10.3. The summed E-state index contributed by atoms with van der Waals surface area (Å²) >= 11 is 0. The number of aryl methyl sites for hydroxylation is 2. The lowest BCUT2D eigenvalue weighted by Crippen LogP contribution is -2.17. The van der Waals surface area contributed by atoms with Crippen LogP contribution in [0.15, 0.2) is 60.8 Å². The molecule has 0 aliphatic rings. The fraction of sp³-hybridized carbons (Fsp3) is 0.136. The monoisotopic (exact) mass is 359 g/mol. The van der Waals surface area contributed by atoms with Crippen LogP contribution in [0, 0.1) is 20.8 Å². The van der Waals surface area contributed by atoms with Crippen molar-refractivity contribution in [1.29, 1.82) is 0 Å². The zero-order valence-electron chi connectivity index (χ0n) is 15.5. The molecule has 0 spiro atoms. The van der Waals surface area contributed by atoms with Gasteiger partial charge in [0.15, 0.2) is 0 Å². The minimum atomic E-state index is -0.361. The van der Waals surface area contributed by atoms with Crippen molar-refractivity contribution in [2.24, 2.45) is 0 Å². The number of anilines is 2. The van der Waals surface area contributed by atoms with E-state index in [9.17, 15) is 9.59 Å². The smallest absolute Gasteiger partial charge is 0.274 e. The van der Waals surface area contributed by atoms with Crippen LogP contribution in [0.4, 0.5) is 11.4 Å². The minimum Gasteiger partial charge on any atom is -0.322 e. The Hall–Kier alpha value is -3.47. The number of pyridine rings is 1. The van der Waals surface area contributed by atoms with Crippen LogP contribution in [-0.2, 0) is 0 Å². The highest BCUT2D eigenvalue weighted by Crippen LogP contribution is 2.19. The minimum absolute atomic E-state index is 0.184. The molecule has 1 heterocycles. The summed E-state index contributed by atoms with van der Waals surface area (Å²) in [7, 11) is 0. The molecule has 0 aliphatic carbocycles. The van der Waals surface area contributed by atoms with Crippen LogP contribution in [0.5, 0.6) is 0 Å². The predicted molar refractivity (Wildman–Crippen MR) is 107 cm³/mol. The number of carbonyl (C=O) groups excluding carboxylic acids is 2. The third kappa shape index (κ3) is 4.39. The maximum Gasteiger partial charge on any atom is 0.274 e. The van der Waals surface area contributed by atoms with Gasteiger partial charge in [-0.25, -0.2) is 0 Å². The summed E-state index contributed by atoms with van der Waals surface area (Å²) in [6.45, 7) is 5.92. The molecule has 3 rings (SSSR count). The summed E-state index contributed by atoms with van der Waals surface area (Å²) in [5.41, 5.74) is 5.21. The van der Waals surface area contributed by atoms with Crippen LogP contribution < -0.4 is 10.6 Å². The molecule has 1 aromatic heterocycles. The SMILES string of the molecule is Cc1ccc(NC(=O)c2cc(C(=O)Nc3cccc(C)c3C)ccn2)cc1. The molecular formula is C22H21N3O2. The first-order valence-corrected chi connectivity index (χ1v) is 8.65. The Morgan fingerprint density at radius 2 is 1.59 bits per heavy atom. The molecular weight excluding hydrogens is 338 g/mol. The molecule has 3 aromatic rings. The van der Waals surface area contributed by atoms with E-state index < -0.39 is 0 Å². The highest BCUT2D eigenvalue weighted by Gasteiger charge is 2.13. The number of nitrogens with zero attached hydrogens (tertiary/aromatic N) is 1. The first-order chi connectivity index (χ1) is 12.9. The summed E-state index contributed by atoms with van der Waals surface area (Å²) in [6, 6.07) is 16.3. The lowest BCUT2D eigenvalue weighted by molar-refractivity contribution is 0.102. The van der Waals surface area contributed by atoms with Crippen molar-refractivity contribution < 1.29 is 9.59 Å². The molecule has 0 bridgehead atoms. The van der Waals surface area contributed by atoms with E-state index in [0.29, 0.717) is 11.3 Å². The average Bonchev–Trinajstić information content (AvgIpc) is 2.67. The van der Waals surface area contributed by atoms with Crippen molar-refractivity contribution in [3.05, 3.63) is 88.7 Å². The van der Waals surface area contributed by atoms with Crippen molar-refractivity contribution in [2.75, 3.05) is 10.6 Å². The Balaban J connectivity index is 1.76. The zero-order valence-corrected chi connectivity index (χ0v) is 15.5. The van der Waals surface area contributed by atoms with Gasteiger partial charge in [-0.3, -0.25) is 14.6 Å². The fourth-order valence-corrected chi connectivity index (χ4v) is 2.61. The third-order valence-corrected chi connectivity index (χ3v) is 4.42. The lowest BCUT2D eigenvalue weighted by Gasteiger charge is -2.11. The van der Waals surface area contributed by atoms with Crippen molar-refractivity contribution in [2.45, 2.75) is 20.8 Å². The second kappa shape index (κ2) is 7.83. The van der Waals surface area contributed by atoms with Gasteiger partial charge in [0.05, 0.1) is 0 Å². The van der Waals surface area contributed by atoms with Crippen LogP contribution in [0.3, 0.4) is 0 Å². The van der Waals surface area contributed by atoms with E-state index in [1.165, 1.54) is 12.3 Å². The average molecular weight is 359 g/mol. The standard InChI is InChI=1S/C22H21N3O2/c1-14-7-9-18(10-8-14)24-22(27)20-13-17(11-12-23-20)21(26)25-19-6-4-5-15(2)16(19)3/h4-13H,1-3H3,(H,24,27)(H,25,26). The van der Waals surface area contributed by atoms with Gasteiger partial charge in [-0.05, 0) is 62.2 Å². The van der Waals surface area contributed by atoms with Gasteiger partial charge in [-0.2, -0.15) is 0 Å². The number of amides is 2.